The number of nitrogens with one attached hydrogen (secondary N) is 1. The molecule has 3 rings (SSSR count). The van der Waals surface area contributed by atoms with Gasteiger partial charge in [-0.2, -0.15) is 11.3 Å². The molecule has 0 aliphatic carbocycles. The van der Waals surface area contributed by atoms with Crippen LogP contribution in [0.25, 0.3) is 10.8 Å². The normalized spacial score (nSPS) is 10.9. The lowest BCUT2D eigenvalue weighted by atomic mass is 10.1. The number of fused-ring (bicyclic) bond motifs is 1. The molecule has 1 aromatic heterocycles. The topological polar surface area (TPSA) is 12.0 Å². The second-order valence-electron chi connectivity index (χ2n) is 4.42. The van der Waals surface area contributed by atoms with E-state index in [9.17, 15) is 0 Å². The van der Waals surface area contributed by atoms with Gasteiger partial charge in [-0.1, -0.05) is 36.4 Å². The summed E-state index contributed by atoms with van der Waals surface area (Å²) < 4.78 is 0. The average Bonchev–Trinajstić information content (AvgIpc) is 2.92. The molecule has 1 N–H and O–H groups in total. The van der Waals surface area contributed by atoms with Crippen LogP contribution < -0.4 is 5.32 Å². The fourth-order valence-corrected chi connectivity index (χ4v) is 2.76. The van der Waals surface area contributed by atoms with Gasteiger partial charge in [0.05, 0.1) is 0 Å². The number of benzene rings is 2. The highest BCUT2D eigenvalue weighted by Crippen LogP contribution is 2.15. The molecule has 1 nitrogen and oxygen atoms in total. The molecule has 0 amide bonds. The molecular weight excluding hydrogens is 238 g/mol. The van der Waals surface area contributed by atoms with E-state index in [-0.39, 0.29) is 0 Å². The van der Waals surface area contributed by atoms with Crippen LogP contribution in [0.4, 0.5) is 0 Å². The molecule has 0 fully saturated rings. The maximum atomic E-state index is 3.48. The first-order chi connectivity index (χ1) is 8.92. The number of hydrogen-bond donors (Lipinski definition) is 1. The molecule has 0 saturated heterocycles. The van der Waals surface area contributed by atoms with E-state index < -0.39 is 0 Å². The van der Waals surface area contributed by atoms with E-state index >= 15 is 0 Å². The van der Waals surface area contributed by atoms with Gasteiger partial charge in [0.25, 0.3) is 0 Å². The third-order valence-electron chi connectivity index (χ3n) is 3.05. The zero-order valence-electron chi connectivity index (χ0n) is 10.1. The molecule has 0 bridgehead atoms. The maximum absolute atomic E-state index is 3.48. The largest absolute Gasteiger partial charge is 0.309 e. The van der Waals surface area contributed by atoms with Crippen molar-refractivity contribution in [2.75, 3.05) is 0 Å². The van der Waals surface area contributed by atoms with Gasteiger partial charge < -0.3 is 5.32 Å². The summed E-state index contributed by atoms with van der Waals surface area (Å²) in [6.07, 6.45) is 0. The summed E-state index contributed by atoms with van der Waals surface area (Å²) >= 11 is 1.75. The van der Waals surface area contributed by atoms with Crippen LogP contribution in [-0.4, -0.2) is 0 Å². The third-order valence-corrected chi connectivity index (χ3v) is 3.78. The Morgan fingerprint density at radius 1 is 0.833 bits per heavy atom. The van der Waals surface area contributed by atoms with Crippen molar-refractivity contribution >= 4 is 22.1 Å². The predicted molar refractivity (Wildman–Crippen MR) is 78.8 cm³/mol. The summed E-state index contributed by atoms with van der Waals surface area (Å²) in [5, 5.41) is 10.4. The minimum atomic E-state index is 0.917. The Hall–Kier alpha value is -1.64. The van der Waals surface area contributed by atoms with Crippen molar-refractivity contribution in [3.63, 3.8) is 0 Å². The summed E-state index contributed by atoms with van der Waals surface area (Å²) in [4.78, 5) is 0. The Morgan fingerprint density at radius 3 is 2.50 bits per heavy atom. The highest BCUT2D eigenvalue weighted by molar-refractivity contribution is 7.07. The van der Waals surface area contributed by atoms with E-state index in [2.05, 4.69) is 64.6 Å². The van der Waals surface area contributed by atoms with Gasteiger partial charge in [0.1, 0.15) is 0 Å². The van der Waals surface area contributed by atoms with Gasteiger partial charge in [-0.3, -0.25) is 0 Å². The molecule has 0 aliphatic heterocycles. The van der Waals surface area contributed by atoms with Crippen LogP contribution in [0, 0.1) is 0 Å². The van der Waals surface area contributed by atoms with Crippen LogP contribution in [0.2, 0.25) is 0 Å². The first kappa shape index (κ1) is 11.5. The van der Waals surface area contributed by atoms with Crippen LogP contribution in [0.5, 0.6) is 0 Å². The first-order valence-corrected chi connectivity index (χ1v) is 7.05. The van der Waals surface area contributed by atoms with Crippen LogP contribution >= 0.6 is 11.3 Å². The second-order valence-corrected chi connectivity index (χ2v) is 5.20. The molecule has 2 aromatic carbocycles. The Balaban J connectivity index is 1.67. The third kappa shape index (κ3) is 2.61. The molecule has 90 valence electrons. The molecule has 0 unspecified atom stereocenters. The summed E-state index contributed by atoms with van der Waals surface area (Å²) in [6.45, 7) is 1.86. The van der Waals surface area contributed by atoms with Gasteiger partial charge in [-0.25, -0.2) is 0 Å². The summed E-state index contributed by atoms with van der Waals surface area (Å²) in [6, 6.07) is 17.3. The fraction of sp³-hybridized carbons (Fsp3) is 0.125. The average molecular weight is 253 g/mol. The number of rotatable bonds is 4. The number of thiophene rings is 1. The lowest BCUT2D eigenvalue weighted by Gasteiger charge is -2.05. The zero-order valence-corrected chi connectivity index (χ0v) is 10.9. The smallest absolute Gasteiger partial charge is 0.0216 e. The Labute approximate surface area is 111 Å². The molecule has 18 heavy (non-hydrogen) atoms. The Kier molecular flexibility index (Phi) is 3.40. The van der Waals surface area contributed by atoms with E-state index in [1.54, 1.807) is 11.3 Å². The van der Waals surface area contributed by atoms with E-state index in [1.165, 1.54) is 21.9 Å². The van der Waals surface area contributed by atoms with Crippen molar-refractivity contribution < 1.29 is 0 Å². The van der Waals surface area contributed by atoms with Crippen molar-refractivity contribution in [1.82, 2.24) is 5.32 Å². The van der Waals surface area contributed by atoms with Crippen molar-refractivity contribution in [2.24, 2.45) is 0 Å². The minimum absolute atomic E-state index is 0.917. The molecule has 0 spiro atoms. The molecule has 2 heteroatoms. The monoisotopic (exact) mass is 253 g/mol. The van der Waals surface area contributed by atoms with Crippen molar-refractivity contribution in [3.05, 3.63) is 70.4 Å². The van der Waals surface area contributed by atoms with E-state index in [4.69, 9.17) is 0 Å². The van der Waals surface area contributed by atoms with Gasteiger partial charge in [0.2, 0.25) is 0 Å². The van der Waals surface area contributed by atoms with Crippen molar-refractivity contribution in [1.29, 1.82) is 0 Å². The Morgan fingerprint density at radius 2 is 1.67 bits per heavy atom. The van der Waals surface area contributed by atoms with Gasteiger partial charge in [-0.15, -0.1) is 0 Å². The van der Waals surface area contributed by atoms with E-state index in [0.29, 0.717) is 0 Å². The second kappa shape index (κ2) is 5.34. The van der Waals surface area contributed by atoms with Crippen LogP contribution in [0.15, 0.2) is 59.3 Å². The quantitative estimate of drug-likeness (QED) is 0.735. The lowest BCUT2D eigenvalue weighted by Crippen LogP contribution is -2.11. The predicted octanol–water partition coefficient (Wildman–Crippen LogP) is 4.19. The van der Waals surface area contributed by atoms with E-state index in [0.717, 1.165) is 13.1 Å². The molecule has 0 aliphatic rings. The van der Waals surface area contributed by atoms with Gasteiger partial charge in [0, 0.05) is 13.1 Å². The highest BCUT2D eigenvalue weighted by Gasteiger charge is 1.97. The summed E-state index contributed by atoms with van der Waals surface area (Å²) in [5.74, 6) is 0. The standard InChI is InChI=1S/C16H15NS/c1-2-4-16-9-13(5-6-15(16)3-1)10-17-11-14-7-8-18-12-14/h1-9,12,17H,10-11H2. The molecule has 1 heterocycles. The summed E-state index contributed by atoms with van der Waals surface area (Å²) in [7, 11) is 0. The molecule has 0 radical (unpaired) electrons. The summed E-state index contributed by atoms with van der Waals surface area (Å²) in [5.41, 5.74) is 2.70. The van der Waals surface area contributed by atoms with Crippen LogP contribution in [0.3, 0.4) is 0 Å². The van der Waals surface area contributed by atoms with Crippen molar-refractivity contribution in [3.8, 4) is 0 Å². The van der Waals surface area contributed by atoms with Crippen LogP contribution in [-0.2, 0) is 13.1 Å². The lowest BCUT2D eigenvalue weighted by molar-refractivity contribution is 0.695. The highest BCUT2D eigenvalue weighted by atomic mass is 32.1. The Bertz CT molecular complexity index is 628. The molecular formula is C16H15NS. The first-order valence-electron chi connectivity index (χ1n) is 6.11. The van der Waals surface area contributed by atoms with E-state index in [1.807, 2.05) is 0 Å². The van der Waals surface area contributed by atoms with Crippen molar-refractivity contribution in [2.45, 2.75) is 13.1 Å². The van der Waals surface area contributed by atoms with Gasteiger partial charge in [-0.05, 0) is 44.8 Å². The molecule has 0 atom stereocenters. The van der Waals surface area contributed by atoms with Crippen LogP contribution in [0.1, 0.15) is 11.1 Å². The maximum Gasteiger partial charge on any atom is 0.0216 e. The molecule has 0 saturated carbocycles. The van der Waals surface area contributed by atoms with Gasteiger partial charge >= 0.3 is 0 Å². The SMILES string of the molecule is c1ccc2cc(CNCc3ccsc3)ccc2c1. The minimum Gasteiger partial charge on any atom is -0.309 e. The van der Waals surface area contributed by atoms with Gasteiger partial charge in [0.15, 0.2) is 0 Å². The fourth-order valence-electron chi connectivity index (χ4n) is 2.09. The zero-order chi connectivity index (χ0) is 12.2. The number of hydrogen-bond acceptors (Lipinski definition) is 2. The molecule has 3 aromatic rings.